The highest BCUT2D eigenvalue weighted by atomic mass is 16.2. The molecule has 2 aliphatic rings. The third-order valence-corrected chi connectivity index (χ3v) is 7.86. The summed E-state index contributed by atoms with van der Waals surface area (Å²) < 4.78 is 1.59. The van der Waals surface area contributed by atoms with Gasteiger partial charge >= 0.3 is 0 Å². The van der Waals surface area contributed by atoms with Crippen LogP contribution < -0.4 is 16.2 Å². The third kappa shape index (κ3) is 6.75. The molecule has 206 valence electrons. The minimum absolute atomic E-state index is 0.0833. The monoisotopic (exact) mass is 528 g/mol. The van der Waals surface area contributed by atoms with E-state index in [2.05, 4.69) is 51.5 Å². The van der Waals surface area contributed by atoms with Crippen LogP contribution >= 0.6 is 0 Å². The number of anilines is 1. The molecule has 2 atom stereocenters. The maximum absolute atomic E-state index is 13.8. The fourth-order valence-corrected chi connectivity index (χ4v) is 5.36. The average Bonchev–Trinajstić information content (AvgIpc) is 3.77. The van der Waals surface area contributed by atoms with Gasteiger partial charge in [-0.15, -0.1) is 0 Å². The van der Waals surface area contributed by atoms with E-state index >= 15 is 0 Å². The van der Waals surface area contributed by atoms with Crippen LogP contribution in [0, 0.1) is 12.8 Å². The molecule has 0 radical (unpaired) electrons. The van der Waals surface area contributed by atoms with Crippen LogP contribution in [0.2, 0.25) is 0 Å². The Hall–Kier alpha value is -3.49. The van der Waals surface area contributed by atoms with E-state index in [4.69, 9.17) is 0 Å². The molecule has 1 amide bonds. The number of carbonyl (C=O) groups is 1. The van der Waals surface area contributed by atoms with E-state index in [1.54, 1.807) is 23.0 Å². The summed E-state index contributed by atoms with van der Waals surface area (Å²) in [6.07, 6.45) is 6.54. The average molecular weight is 529 g/mol. The fraction of sp³-hybridized carbons (Fsp3) is 0.452. The van der Waals surface area contributed by atoms with Crippen LogP contribution in [0.25, 0.3) is 5.69 Å². The van der Waals surface area contributed by atoms with Gasteiger partial charge < -0.3 is 20.4 Å². The second-order valence-electron chi connectivity index (χ2n) is 11.2. The summed E-state index contributed by atoms with van der Waals surface area (Å²) in [6.45, 7) is 9.44. The van der Waals surface area contributed by atoms with Gasteiger partial charge in [-0.25, -0.2) is 4.98 Å². The summed E-state index contributed by atoms with van der Waals surface area (Å²) in [6, 6.07) is 16.0. The quantitative estimate of drug-likeness (QED) is 0.439. The molecule has 0 unspecified atom stereocenters. The van der Waals surface area contributed by atoms with Crippen molar-refractivity contribution >= 4 is 11.7 Å². The molecule has 0 bridgehead atoms. The number of aromatic nitrogens is 2. The molecule has 1 aliphatic heterocycles. The van der Waals surface area contributed by atoms with E-state index in [9.17, 15) is 9.59 Å². The Labute approximate surface area is 231 Å². The van der Waals surface area contributed by atoms with Crippen LogP contribution in [0.5, 0.6) is 0 Å². The third-order valence-electron chi connectivity index (χ3n) is 7.86. The van der Waals surface area contributed by atoms with Crippen LogP contribution in [0.1, 0.15) is 53.7 Å². The molecule has 1 aromatic heterocycles. The molecule has 1 saturated heterocycles. The van der Waals surface area contributed by atoms with E-state index in [0.717, 1.165) is 63.1 Å². The zero-order valence-electron chi connectivity index (χ0n) is 23.3. The van der Waals surface area contributed by atoms with Gasteiger partial charge in [-0.05, 0) is 75.5 Å². The highest BCUT2D eigenvalue weighted by molar-refractivity contribution is 5.95. The largest absolute Gasteiger partial charge is 0.358 e. The fourth-order valence-electron chi connectivity index (χ4n) is 5.36. The normalized spacial score (nSPS) is 18.2. The summed E-state index contributed by atoms with van der Waals surface area (Å²) in [5.41, 5.74) is 3.05. The van der Waals surface area contributed by atoms with Gasteiger partial charge in [0.1, 0.15) is 0 Å². The predicted molar refractivity (Wildman–Crippen MR) is 156 cm³/mol. The number of aryl methyl sites for hydroxylation is 1. The predicted octanol–water partition coefficient (Wildman–Crippen LogP) is 3.86. The number of benzene rings is 2. The summed E-state index contributed by atoms with van der Waals surface area (Å²) in [4.78, 5) is 35.9. The number of hydrogen-bond donors (Lipinski definition) is 2. The van der Waals surface area contributed by atoms with Crippen LogP contribution in [0.3, 0.4) is 0 Å². The van der Waals surface area contributed by atoms with Crippen LogP contribution in [0.15, 0.2) is 65.7 Å². The lowest BCUT2D eigenvalue weighted by atomic mass is 9.93. The summed E-state index contributed by atoms with van der Waals surface area (Å²) in [5.74, 6) is 0.444. The molecule has 8 heteroatoms. The molecule has 2 aromatic carbocycles. The second-order valence-corrected chi connectivity index (χ2v) is 11.2. The number of nitrogens with one attached hydrogen (secondary N) is 2. The maximum atomic E-state index is 13.8. The Morgan fingerprint density at radius 1 is 1.08 bits per heavy atom. The number of carbonyl (C=O) groups excluding carboxylic acids is 1. The number of amides is 1. The van der Waals surface area contributed by atoms with Crippen LogP contribution in [0.4, 0.5) is 5.82 Å². The van der Waals surface area contributed by atoms with Gasteiger partial charge in [0.15, 0.2) is 5.82 Å². The van der Waals surface area contributed by atoms with Gasteiger partial charge in [0.25, 0.3) is 11.5 Å². The van der Waals surface area contributed by atoms with Crippen molar-refractivity contribution in [3.8, 4) is 5.69 Å². The molecule has 2 fully saturated rings. The van der Waals surface area contributed by atoms with Gasteiger partial charge in [0, 0.05) is 43.6 Å². The molecular weight excluding hydrogens is 488 g/mol. The van der Waals surface area contributed by atoms with Crippen molar-refractivity contribution in [1.29, 1.82) is 0 Å². The van der Waals surface area contributed by atoms with E-state index in [0.29, 0.717) is 17.1 Å². The number of hydrogen-bond acceptors (Lipinski definition) is 6. The topological polar surface area (TPSA) is 82.5 Å². The van der Waals surface area contributed by atoms with Crippen molar-refractivity contribution < 1.29 is 4.79 Å². The number of likely N-dealkylation sites (N-methyl/N-ethyl adjacent to an activating group) is 1. The van der Waals surface area contributed by atoms with E-state index in [1.165, 1.54) is 0 Å². The Morgan fingerprint density at radius 2 is 1.87 bits per heavy atom. The summed E-state index contributed by atoms with van der Waals surface area (Å²) in [7, 11) is 2.18. The first-order valence-corrected chi connectivity index (χ1v) is 14.1. The maximum Gasteiger partial charge on any atom is 0.297 e. The zero-order chi connectivity index (χ0) is 27.4. The van der Waals surface area contributed by atoms with Gasteiger partial charge in [-0.1, -0.05) is 43.3 Å². The highest BCUT2D eigenvalue weighted by Gasteiger charge is 2.26. The lowest BCUT2D eigenvalue weighted by Crippen LogP contribution is -2.36. The molecule has 5 rings (SSSR count). The van der Waals surface area contributed by atoms with Crippen molar-refractivity contribution in [1.82, 2.24) is 24.7 Å². The Bertz CT molecular complexity index is 1340. The zero-order valence-corrected chi connectivity index (χ0v) is 23.3. The van der Waals surface area contributed by atoms with Crippen molar-refractivity contribution in [2.45, 2.75) is 45.2 Å². The minimum atomic E-state index is -0.232. The molecule has 2 heterocycles. The standard InChI is InChI=1S/C31H40N6O2/c1-22-10-11-25(30(38)33-26-12-13-26)20-27(22)37-17-14-32-29(31(37)39)34-28(24-8-5-4-6-9-24)23(2)21-36-16-7-15-35(3)18-19-36/h4-6,8-11,14,17,20,23,26,28H,7,12-13,15-16,18-19,21H2,1-3H3,(H,32,34)(H,33,38)/t23-,28+/m0/s1. The molecular formula is C31H40N6O2. The van der Waals surface area contributed by atoms with Crippen LogP contribution in [-0.4, -0.2) is 71.1 Å². The van der Waals surface area contributed by atoms with Gasteiger partial charge in [-0.2, -0.15) is 0 Å². The van der Waals surface area contributed by atoms with Crippen molar-refractivity contribution in [3.63, 3.8) is 0 Å². The SMILES string of the molecule is Cc1ccc(C(=O)NC2CC2)cc1-n1ccnc(N[C@@H](c2ccccc2)[C@@H](C)CN2CCCN(C)CC2)c1=O. The Morgan fingerprint density at radius 3 is 2.64 bits per heavy atom. The lowest BCUT2D eigenvalue weighted by molar-refractivity contribution is 0.0951. The van der Waals surface area contributed by atoms with Gasteiger partial charge in [0.2, 0.25) is 0 Å². The Kier molecular flexibility index (Phi) is 8.43. The molecule has 3 aromatic rings. The first-order valence-electron chi connectivity index (χ1n) is 14.1. The molecule has 39 heavy (non-hydrogen) atoms. The number of rotatable bonds is 9. The molecule has 0 spiro atoms. The summed E-state index contributed by atoms with van der Waals surface area (Å²) >= 11 is 0. The second kappa shape index (κ2) is 12.1. The van der Waals surface area contributed by atoms with Gasteiger partial charge in [-0.3, -0.25) is 14.2 Å². The van der Waals surface area contributed by atoms with E-state index in [-0.39, 0.29) is 29.5 Å². The molecule has 8 nitrogen and oxygen atoms in total. The first-order chi connectivity index (χ1) is 18.9. The first kappa shape index (κ1) is 27.1. The molecule has 1 aliphatic carbocycles. The van der Waals surface area contributed by atoms with Crippen molar-refractivity contribution in [3.05, 3.63) is 88.0 Å². The van der Waals surface area contributed by atoms with E-state index < -0.39 is 0 Å². The van der Waals surface area contributed by atoms with E-state index in [1.807, 2.05) is 37.3 Å². The summed E-state index contributed by atoms with van der Waals surface area (Å²) in [5, 5.41) is 6.55. The minimum Gasteiger partial charge on any atom is -0.358 e. The highest BCUT2D eigenvalue weighted by Crippen LogP contribution is 2.27. The van der Waals surface area contributed by atoms with Crippen LogP contribution in [-0.2, 0) is 0 Å². The molecule has 2 N–H and O–H groups in total. The molecule has 1 saturated carbocycles. The Balaban J connectivity index is 1.41. The lowest BCUT2D eigenvalue weighted by Gasteiger charge is -2.31. The van der Waals surface area contributed by atoms with Crippen molar-refractivity contribution in [2.75, 3.05) is 45.1 Å². The number of nitrogens with zero attached hydrogens (tertiary/aromatic N) is 4. The smallest absolute Gasteiger partial charge is 0.297 e. The van der Waals surface area contributed by atoms with Crippen molar-refractivity contribution in [2.24, 2.45) is 5.92 Å². The van der Waals surface area contributed by atoms with Gasteiger partial charge in [0.05, 0.1) is 11.7 Å².